The van der Waals surface area contributed by atoms with Gasteiger partial charge in [-0.2, -0.15) is 0 Å². The minimum atomic E-state index is 0.372. The first kappa shape index (κ1) is 14.6. The number of hydrogen-bond acceptors (Lipinski definition) is 4. The van der Waals surface area contributed by atoms with E-state index in [4.69, 9.17) is 0 Å². The molecule has 0 spiro atoms. The highest BCUT2D eigenvalue weighted by atomic mass is 32.1. The molecule has 1 heterocycles. The summed E-state index contributed by atoms with van der Waals surface area (Å²) in [5.74, 6) is 0. The molecule has 1 rings (SSSR count). The molecule has 0 aliphatic heterocycles. The molecule has 0 aliphatic carbocycles. The van der Waals surface area contributed by atoms with Crippen LogP contribution >= 0.6 is 11.3 Å². The number of nitrogens with zero attached hydrogens (tertiary/aromatic N) is 2. The van der Waals surface area contributed by atoms with E-state index in [1.807, 2.05) is 0 Å². The average Bonchev–Trinajstić information content (AvgIpc) is 2.76. The first-order valence-corrected chi connectivity index (χ1v) is 7.43. The van der Waals surface area contributed by atoms with E-state index >= 15 is 0 Å². The second-order valence-corrected chi connectivity index (χ2v) is 5.41. The predicted octanol–water partition coefficient (Wildman–Crippen LogP) is 2.83. The summed E-state index contributed by atoms with van der Waals surface area (Å²) in [4.78, 5) is 6.96. The molecule has 4 heteroatoms. The van der Waals surface area contributed by atoms with E-state index in [2.05, 4.69) is 48.3 Å². The standard InChI is InChI=1S/C13H25N3S/c1-5-16(6-2)9-7-8-14-11(3)13-10-17-12(4)15-13/h10-11,14H,5-9H2,1-4H3. The molecular formula is C13H25N3S. The largest absolute Gasteiger partial charge is 0.309 e. The molecule has 0 radical (unpaired) electrons. The lowest BCUT2D eigenvalue weighted by Crippen LogP contribution is -2.28. The highest BCUT2D eigenvalue weighted by Gasteiger charge is 2.07. The molecule has 0 amide bonds. The summed E-state index contributed by atoms with van der Waals surface area (Å²) < 4.78 is 0. The normalized spacial score (nSPS) is 13.2. The minimum absolute atomic E-state index is 0.372. The van der Waals surface area contributed by atoms with E-state index in [1.54, 1.807) is 11.3 Å². The summed E-state index contributed by atoms with van der Waals surface area (Å²) >= 11 is 1.72. The van der Waals surface area contributed by atoms with Crippen LogP contribution in [0.1, 0.15) is 43.9 Å². The van der Waals surface area contributed by atoms with Crippen molar-refractivity contribution in [3.63, 3.8) is 0 Å². The number of thiazole rings is 1. The van der Waals surface area contributed by atoms with Gasteiger partial charge in [-0.15, -0.1) is 11.3 Å². The summed E-state index contributed by atoms with van der Waals surface area (Å²) in [5, 5.41) is 6.83. The molecule has 0 saturated carbocycles. The SMILES string of the molecule is CCN(CC)CCCNC(C)c1csc(C)n1. The molecule has 98 valence electrons. The molecule has 0 bridgehead atoms. The van der Waals surface area contributed by atoms with Crippen molar-refractivity contribution in [2.75, 3.05) is 26.2 Å². The van der Waals surface area contributed by atoms with Crippen molar-refractivity contribution >= 4 is 11.3 Å². The average molecular weight is 255 g/mol. The molecule has 3 nitrogen and oxygen atoms in total. The van der Waals surface area contributed by atoms with Crippen LogP contribution in [0.15, 0.2) is 5.38 Å². The summed E-state index contributed by atoms with van der Waals surface area (Å²) in [7, 11) is 0. The molecule has 1 atom stereocenters. The number of aryl methyl sites for hydroxylation is 1. The predicted molar refractivity (Wildman–Crippen MR) is 75.7 cm³/mol. The Morgan fingerprint density at radius 1 is 1.41 bits per heavy atom. The molecular weight excluding hydrogens is 230 g/mol. The molecule has 0 fully saturated rings. The van der Waals surface area contributed by atoms with Crippen molar-refractivity contribution in [3.8, 4) is 0 Å². The van der Waals surface area contributed by atoms with E-state index in [0.29, 0.717) is 6.04 Å². The Balaban J connectivity index is 2.18. The fourth-order valence-corrected chi connectivity index (χ4v) is 2.55. The lowest BCUT2D eigenvalue weighted by molar-refractivity contribution is 0.296. The Morgan fingerprint density at radius 2 is 2.12 bits per heavy atom. The highest BCUT2D eigenvalue weighted by Crippen LogP contribution is 2.15. The van der Waals surface area contributed by atoms with Crippen molar-refractivity contribution in [3.05, 3.63) is 16.1 Å². The molecule has 1 aromatic rings. The van der Waals surface area contributed by atoms with Gasteiger partial charge in [0.1, 0.15) is 0 Å². The van der Waals surface area contributed by atoms with Crippen molar-refractivity contribution < 1.29 is 0 Å². The Kier molecular flexibility index (Phi) is 6.70. The zero-order valence-electron chi connectivity index (χ0n) is 11.5. The monoisotopic (exact) mass is 255 g/mol. The molecule has 0 aliphatic rings. The van der Waals surface area contributed by atoms with Gasteiger partial charge in [-0.1, -0.05) is 13.8 Å². The highest BCUT2D eigenvalue weighted by molar-refractivity contribution is 7.09. The van der Waals surface area contributed by atoms with Gasteiger partial charge in [0.25, 0.3) is 0 Å². The van der Waals surface area contributed by atoms with Gasteiger partial charge in [0.15, 0.2) is 0 Å². The first-order chi connectivity index (χ1) is 8.17. The van der Waals surface area contributed by atoms with Crippen molar-refractivity contribution in [1.29, 1.82) is 0 Å². The van der Waals surface area contributed by atoms with Crippen LogP contribution in [-0.2, 0) is 0 Å². The fourth-order valence-electron chi connectivity index (χ4n) is 1.84. The van der Waals surface area contributed by atoms with Gasteiger partial charge < -0.3 is 10.2 Å². The third-order valence-electron chi connectivity index (χ3n) is 3.08. The van der Waals surface area contributed by atoms with Crippen LogP contribution in [0.3, 0.4) is 0 Å². The smallest absolute Gasteiger partial charge is 0.0898 e. The first-order valence-electron chi connectivity index (χ1n) is 6.55. The molecule has 1 aromatic heterocycles. The third-order valence-corrected chi connectivity index (χ3v) is 3.87. The zero-order valence-corrected chi connectivity index (χ0v) is 12.3. The van der Waals surface area contributed by atoms with E-state index in [1.165, 1.54) is 18.7 Å². The molecule has 0 saturated heterocycles. The lowest BCUT2D eigenvalue weighted by Gasteiger charge is -2.18. The van der Waals surface area contributed by atoms with Crippen LogP contribution in [0.2, 0.25) is 0 Å². The topological polar surface area (TPSA) is 28.2 Å². The molecule has 0 aromatic carbocycles. The fraction of sp³-hybridized carbons (Fsp3) is 0.769. The zero-order chi connectivity index (χ0) is 12.7. The number of aromatic nitrogens is 1. The van der Waals surface area contributed by atoms with Gasteiger partial charge in [-0.3, -0.25) is 0 Å². The van der Waals surface area contributed by atoms with Gasteiger partial charge in [-0.05, 0) is 46.4 Å². The molecule has 1 unspecified atom stereocenters. The summed E-state index contributed by atoms with van der Waals surface area (Å²) in [5.41, 5.74) is 1.18. The maximum Gasteiger partial charge on any atom is 0.0898 e. The van der Waals surface area contributed by atoms with E-state index in [-0.39, 0.29) is 0 Å². The van der Waals surface area contributed by atoms with Gasteiger partial charge in [0.2, 0.25) is 0 Å². The van der Waals surface area contributed by atoms with Crippen LogP contribution in [0.25, 0.3) is 0 Å². The summed E-state index contributed by atoms with van der Waals surface area (Å²) in [6.07, 6.45) is 1.20. The van der Waals surface area contributed by atoms with E-state index in [9.17, 15) is 0 Å². The van der Waals surface area contributed by atoms with Crippen molar-refractivity contribution in [1.82, 2.24) is 15.2 Å². The van der Waals surface area contributed by atoms with Crippen molar-refractivity contribution in [2.45, 2.75) is 40.2 Å². The van der Waals surface area contributed by atoms with Gasteiger partial charge in [-0.25, -0.2) is 4.98 Å². The minimum Gasteiger partial charge on any atom is -0.309 e. The maximum absolute atomic E-state index is 4.50. The lowest BCUT2D eigenvalue weighted by atomic mass is 10.2. The van der Waals surface area contributed by atoms with Gasteiger partial charge in [0, 0.05) is 11.4 Å². The molecule has 17 heavy (non-hydrogen) atoms. The Bertz CT molecular complexity index is 307. The number of rotatable bonds is 8. The Morgan fingerprint density at radius 3 is 2.65 bits per heavy atom. The Labute approximate surface area is 109 Å². The van der Waals surface area contributed by atoms with Crippen LogP contribution in [-0.4, -0.2) is 36.1 Å². The quantitative estimate of drug-likeness (QED) is 0.724. The second-order valence-electron chi connectivity index (χ2n) is 4.35. The van der Waals surface area contributed by atoms with Crippen LogP contribution in [0, 0.1) is 6.92 Å². The van der Waals surface area contributed by atoms with E-state index in [0.717, 1.165) is 24.6 Å². The second kappa shape index (κ2) is 7.80. The number of nitrogens with one attached hydrogen (secondary N) is 1. The summed E-state index contributed by atoms with van der Waals surface area (Å²) in [6, 6.07) is 0.372. The molecule has 1 N–H and O–H groups in total. The van der Waals surface area contributed by atoms with Crippen molar-refractivity contribution in [2.24, 2.45) is 0 Å². The number of hydrogen-bond donors (Lipinski definition) is 1. The van der Waals surface area contributed by atoms with Crippen LogP contribution < -0.4 is 5.32 Å². The third kappa shape index (κ3) is 5.15. The maximum atomic E-state index is 4.50. The van der Waals surface area contributed by atoms with Crippen LogP contribution in [0.5, 0.6) is 0 Å². The van der Waals surface area contributed by atoms with Gasteiger partial charge in [0.05, 0.1) is 10.7 Å². The Hall–Kier alpha value is -0.450. The summed E-state index contributed by atoms with van der Waals surface area (Å²) in [6.45, 7) is 13.2. The van der Waals surface area contributed by atoms with Crippen LogP contribution in [0.4, 0.5) is 0 Å². The van der Waals surface area contributed by atoms with Gasteiger partial charge >= 0.3 is 0 Å². The van der Waals surface area contributed by atoms with E-state index < -0.39 is 0 Å².